The minimum Gasteiger partial charge on any atom is -0.496 e. The zero-order valence-electron chi connectivity index (χ0n) is 17.3. The molecule has 0 radical (unpaired) electrons. The van der Waals surface area contributed by atoms with E-state index in [1.54, 1.807) is 60.7 Å². The molecule has 0 aliphatic carbocycles. The van der Waals surface area contributed by atoms with Crippen LogP contribution in [0.5, 0.6) is 23.0 Å². The average molecular weight is 419 g/mol. The zero-order chi connectivity index (χ0) is 22.2. The van der Waals surface area contributed by atoms with E-state index in [2.05, 4.69) is 9.72 Å². The second kappa shape index (κ2) is 10.1. The number of hydrogen-bond acceptors (Lipinski definition) is 7. The van der Waals surface area contributed by atoms with E-state index in [1.165, 1.54) is 33.6 Å². The molecule has 0 atom stereocenters. The minimum absolute atomic E-state index is 0.212. The summed E-state index contributed by atoms with van der Waals surface area (Å²) in [6.07, 6.45) is 4.51. The molecule has 0 spiro atoms. The molecule has 2 aromatic carbocycles. The molecule has 158 valence electrons. The lowest BCUT2D eigenvalue weighted by Crippen LogP contribution is -2.00. The fraction of sp³-hybridized carbons (Fsp3) is 0.125. The lowest BCUT2D eigenvalue weighted by molar-refractivity contribution is 0.0600. The number of hydrogen-bond donors (Lipinski definition) is 0. The van der Waals surface area contributed by atoms with Crippen molar-refractivity contribution in [1.82, 2.24) is 4.98 Å². The zero-order valence-corrected chi connectivity index (χ0v) is 17.3. The van der Waals surface area contributed by atoms with Crippen LogP contribution in [0, 0.1) is 0 Å². The topological polar surface area (TPSA) is 84.0 Å². The van der Waals surface area contributed by atoms with Gasteiger partial charge in [-0.2, -0.15) is 0 Å². The van der Waals surface area contributed by atoms with Crippen molar-refractivity contribution >= 4 is 17.8 Å². The van der Waals surface area contributed by atoms with Crippen molar-refractivity contribution in [3.63, 3.8) is 0 Å². The fourth-order valence-corrected chi connectivity index (χ4v) is 2.77. The van der Waals surface area contributed by atoms with Crippen molar-refractivity contribution in [2.45, 2.75) is 0 Å². The quantitative estimate of drug-likeness (QED) is 0.300. The molecule has 7 heteroatoms. The van der Waals surface area contributed by atoms with E-state index in [0.717, 1.165) is 0 Å². The molecule has 0 amide bonds. The summed E-state index contributed by atoms with van der Waals surface area (Å²) in [5, 5.41) is 0. The van der Waals surface area contributed by atoms with Gasteiger partial charge >= 0.3 is 5.97 Å². The van der Waals surface area contributed by atoms with E-state index < -0.39 is 5.97 Å². The summed E-state index contributed by atoms with van der Waals surface area (Å²) in [6, 6.07) is 15.1. The van der Waals surface area contributed by atoms with Crippen molar-refractivity contribution in [2.75, 3.05) is 21.3 Å². The molecule has 3 rings (SSSR count). The molecule has 0 saturated heterocycles. The van der Waals surface area contributed by atoms with Gasteiger partial charge in [0.15, 0.2) is 17.3 Å². The Hall–Kier alpha value is -4.13. The standard InChI is InChI=1S/C24H21NO6/c1-28-21-7-5-4-6-19(21)20(26)13-10-17-14-22(23(29-2)15-25-17)31-18-11-8-16(9-12-18)24(27)30-3/h4-15H,1-3H3. The van der Waals surface area contributed by atoms with Crippen molar-refractivity contribution in [3.8, 4) is 23.0 Å². The molecule has 3 aromatic rings. The molecule has 0 unspecified atom stereocenters. The first-order valence-corrected chi connectivity index (χ1v) is 9.31. The van der Waals surface area contributed by atoms with Crippen LogP contribution in [0.1, 0.15) is 26.4 Å². The predicted octanol–water partition coefficient (Wildman–Crippen LogP) is 4.57. The molecule has 0 fully saturated rings. The van der Waals surface area contributed by atoms with Gasteiger partial charge in [0, 0.05) is 6.07 Å². The predicted molar refractivity (Wildman–Crippen MR) is 115 cm³/mol. The molecule has 0 N–H and O–H groups in total. The second-order valence-electron chi connectivity index (χ2n) is 6.28. The number of rotatable bonds is 8. The molecule has 31 heavy (non-hydrogen) atoms. The Bertz CT molecular complexity index is 1110. The van der Waals surface area contributed by atoms with E-state index >= 15 is 0 Å². The first kappa shape index (κ1) is 21.6. The van der Waals surface area contributed by atoms with Crippen molar-refractivity contribution in [2.24, 2.45) is 0 Å². The van der Waals surface area contributed by atoms with E-state index in [-0.39, 0.29) is 5.78 Å². The highest BCUT2D eigenvalue weighted by atomic mass is 16.5. The number of para-hydroxylation sites is 1. The Kier molecular flexibility index (Phi) is 7.01. The molecular weight excluding hydrogens is 398 g/mol. The third kappa shape index (κ3) is 5.27. The number of carbonyl (C=O) groups is 2. The maximum Gasteiger partial charge on any atom is 0.337 e. The number of allylic oxidation sites excluding steroid dienone is 1. The summed E-state index contributed by atoms with van der Waals surface area (Å²) < 4.78 is 21.1. The van der Waals surface area contributed by atoms with Crippen LogP contribution in [0.3, 0.4) is 0 Å². The van der Waals surface area contributed by atoms with Crippen molar-refractivity contribution < 1.29 is 28.5 Å². The normalized spacial score (nSPS) is 10.5. The van der Waals surface area contributed by atoms with Gasteiger partial charge in [0.2, 0.25) is 0 Å². The van der Waals surface area contributed by atoms with E-state index in [1.807, 2.05) is 0 Å². The second-order valence-corrected chi connectivity index (χ2v) is 6.28. The van der Waals surface area contributed by atoms with Gasteiger partial charge in [0.25, 0.3) is 0 Å². The molecule has 0 saturated carbocycles. The van der Waals surface area contributed by atoms with Gasteiger partial charge in [-0.15, -0.1) is 0 Å². The van der Waals surface area contributed by atoms with Gasteiger partial charge < -0.3 is 18.9 Å². The molecule has 0 aliphatic rings. The highest BCUT2D eigenvalue weighted by molar-refractivity contribution is 6.08. The van der Waals surface area contributed by atoms with Crippen LogP contribution < -0.4 is 14.2 Å². The Morgan fingerprint density at radius 3 is 2.26 bits per heavy atom. The first-order chi connectivity index (χ1) is 15.0. The average Bonchev–Trinajstić information content (AvgIpc) is 2.82. The van der Waals surface area contributed by atoms with Crippen LogP contribution in [0.2, 0.25) is 0 Å². The minimum atomic E-state index is -0.430. The summed E-state index contributed by atoms with van der Waals surface area (Å²) >= 11 is 0. The van der Waals surface area contributed by atoms with Crippen LogP contribution in [0.15, 0.2) is 66.9 Å². The monoisotopic (exact) mass is 419 g/mol. The van der Waals surface area contributed by atoms with Crippen LogP contribution >= 0.6 is 0 Å². The number of aromatic nitrogens is 1. The number of pyridine rings is 1. The summed E-state index contributed by atoms with van der Waals surface area (Å²) in [6.45, 7) is 0. The number of carbonyl (C=O) groups excluding carboxylic acids is 2. The lowest BCUT2D eigenvalue weighted by atomic mass is 10.1. The Morgan fingerprint density at radius 2 is 1.58 bits per heavy atom. The molecule has 1 heterocycles. The number of benzene rings is 2. The van der Waals surface area contributed by atoms with E-state index in [9.17, 15) is 9.59 Å². The van der Waals surface area contributed by atoms with Gasteiger partial charge in [-0.3, -0.25) is 9.78 Å². The van der Waals surface area contributed by atoms with Gasteiger partial charge in [0.1, 0.15) is 11.5 Å². The van der Waals surface area contributed by atoms with E-state index in [4.69, 9.17) is 14.2 Å². The van der Waals surface area contributed by atoms with Gasteiger partial charge in [0.05, 0.1) is 44.3 Å². The van der Waals surface area contributed by atoms with Crippen molar-refractivity contribution in [3.05, 3.63) is 83.7 Å². The first-order valence-electron chi connectivity index (χ1n) is 9.31. The maximum atomic E-state index is 12.5. The largest absolute Gasteiger partial charge is 0.496 e. The van der Waals surface area contributed by atoms with Crippen LogP contribution in [-0.2, 0) is 4.74 Å². The molecular formula is C24H21NO6. The Morgan fingerprint density at radius 1 is 0.871 bits per heavy atom. The third-order valence-corrected chi connectivity index (χ3v) is 4.35. The van der Waals surface area contributed by atoms with Gasteiger partial charge in [-0.05, 0) is 48.6 Å². The number of ether oxygens (including phenoxy) is 4. The van der Waals surface area contributed by atoms with E-state index in [0.29, 0.717) is 39.8 Å². The molecule has 0 aliphatic heterocycles. The lowest BCUT2D eigenvalue weighted by Gasteiger charge is -2.11. The van der Waals surface area contributed by atoms with Gasteiger partial charge in [-0.25, -0.2) is 4.79 Å². The SMILES string of the molecule is COC(=O)c1ccc(Oc2cc(C=CC(=O)c3ccccc3OC)ncc2OC)cc1. The summed E-state index contributed by atoms with van der Waals surface area (Å²) in [5.74, 6) is 1.19. The number of nitrogens with zero attached hydrogens (tertiary/aromatic N) is 1. The summed E-state index contributed by atoms with van der Waals surface area (Å²) in [5.41, 5.74) is 1.37. The van der Waals surface area contributed by atoms with Crippen LogP contribution in [-0.4, -0.2) is 38.1 Å². The Balaban J connectivity index is 1.81. The number of methoxy groups -OCH3 is 3. The molecule has 7 nitrogen and oxygen atoms in total. The number of esters is 1. The summed E-state index contributed by atoms with van der Waals surface area (Å²) in [4.78, 5) is 28.4. The molecule has 1 aromatic heterocycles. The maximum absolute atomic E-state index is 12.5. The highest BCUT2D eigenvalue weighted by Crippen LogP contribution is 2.32. The van der Waals surface area contributed by atoms with Crippen LogP contribution in [0.25, 0.3) is 6.08 Å². The Labute approximate surface area is 179 Å². The fourth-order valence-electron chi connectivity index (χ4n) is 2.77. The highest BCUT2D eigenvalue weighted by Gasteiger charge is 2.11. The summed E-state index contributed by atoms with van der Waals surface area (Å²) in [7, 11) is 4.34. The smallest absolute Gasteiger partial charge is 0.337 e. The molecule has 0 bridgehead atoms. The van der Waals surface area contributed by atoms with Crippen LogP contribution in [0.4, 0.5) is 0 Å². The van der Waals surface area contributed by atoms with Gasteiger partial charge in [-0.1, -0.05) is 12.1 Å². The third-order valence-electron chi connectivity index (χ3n) is 4.35. The van der Waals surface area contributed by atoms with Crippen molar-refractivity contribution in [1.29, 1.82) is 0 Å². The number of ketones is 1.